The minimum atomic E-state index is -1.54. The van der Waals surface area contributed by atoms with E-state index in [0.717, 1.165) is 5.01 Å². The first-order valence-corrected chi connectivity index (χ1v) is 13.8. The van der Waals surface area contributed by atoms with Crippen LogP contribution < -0.4 is 19.6 Å². The van der Waals surface area contributed by atoms with Crippen molar-refractivity contribution < 1.29 is 43.2 Å². The highest BCUT2D eigenvalue weighted by Gasteiger charge is 2.41. The molecule has 2 aromatic rings. The Kier molecular flexibility index (Phi) is 11.7. The van der Waals surface area contributed by atoms with Crippen molar-refractivity contribution >= 4 is 18.1 Å². The molecule has 0 aliphatic carbocycles. The summed E-state index contributed by atoms with van der Waals surface area (Å²) in [6.45, 7) is 11.6. The van der Waals surface area contributed by atoms with Gasteiger partial charge in [0.15, 0.2) is 17.5 Å². The van der Waals surface area contributed by atoms with Crippen LogP contribution in [-0.4, -0.2) is 78.7 Å². The molecule has 12 heteroatoms. The van der Waals surface area contributed by atoms with E-state index in [1.165, 1.54) is 45.4 Å². The molecule has 0 aliphatic rings. The number of hydrazine groups is 1. The Balaban J connectivity index is 2.76. The third-order valence-corrected chi connectivity index (χ3v) is 6.25. The molecule has 0 fully saturated rings. The number of likely N-dealkylation sites (N-methyl/N-ethyl adjacent to an activating group) is 1. The minimum Gasteiger partial charge on any atom is -0.493 e. The number of aliphatic hydroxyl groups excluding tert-OH is 1. The van der Waals surface area contributed by atoms with Crippen LogP contribution in [0.2, 0.25) is 0 Å². The van der Waals surface area contributed by atoms with E-state index in [1.807, 2.05) is 6.07 Å². The normalized spacial score (nSPS) is 13.6. The molecule has 12 nitrogen and oxygen atoms in total. The van der Waals surface area contributed by atoms with Gasteiger partial charge in [0.05, 0.1) is 33.5 Å². The Morgan fingerprint density at radius 1 is 0.814 bits per heavy atom. The summed E-state index contributed by atoms with van der Waals surface area (Å²) in [5, 5.41) is 11.9. The monoisotopic (exact) mass is 603 g/mol. The van der Waals surface area contributed by atoms with E-state index in [2.05, 4.69) is 5.43 Å². The van der Waals surface area contributed by atoms with E-state index in [0.29, 0.717) is 5.56 Å². The van der Waals surface area contributed by atoms with Crippen molar-refractivity contribution in [3.05, 3.63) is 53.6 Å². The van der Waals surface area contributed by atoms with Gasteiger partial charge in [-0.05, 0) is 71.7 Å². The van der Waals surface area contributed by atoms with Gasteiger partial charge in [-0.1, -0.05) is 30.3 Å². The van der Waals surface area contributed by atoms with Crippen molar-refractivity contribution in [3.63, 3.8) is 0 Å². The van der Waals surface area contributed by atoms with Gasteiger partial charge in [0.2, 0.25) is 5.75 Å². The molecule has 0 unspecified atom stereocenters. The minimum absolute atomic E-state index is 0.190. The fraction of sp³-hybridized carbons (Fsp3) is 0.516. The highest BCUT2D eigenvalue weighted by Crippen LogP contribution is 2.41. The Labute approximate surface area is 253 Å². The number of hydrogen-bond donors (Lipinski definition) is 2. The quantitative estimate of drug-likeness (QED) is 0.379. The number of nitrogens with zero attached hydrogens (tertiary/aromatic N) is 2. The van der Waals surface area contributed by atoms with Crippen LogP contribution in [0.5, 0.6) is 17.2 Å². The summed E-state index contributed by atoms with van der Waals surface area (Å²) in [7, 11) is 5.74. The lowest BCUT2D eigenvalue weighted by Crippen LogP contribution is -2.56. The average molecular weight is 604 g/mol. The maximum Gasteiger partial charge on any atom is 0.430 e. The molecule has 0 bridgehead atoms. The molecule has 0 saturated carbocycles. The maximum atomic E-state index is 14.4. The second kappa shape index (κ2) is 14.3. The molecule has 0 radical (unpaired) electrons. The fourth-order valence-electron chi connectivity index (χ4n) is 4.12. The van der Waals surface area contributed by atoms with E-state index in [9.17, 15) is 19.5 Å². The summed E-state index contributed by atoms with van der Waals surface area (Å²) in [6, 6.07) is 9.54. The van der Waals surface area contributed by atoms with Crippen LogP contribution in [0.4, 0.5) is 9.59 Å². The highest BCUT2D eigenvalue weighted by atomic mass is 16.6. The Bertz CT molecular complexity index is 1230. The highest BCUT2D eigenvalue weighted by molar-refractivity contribution is 5.88. The van der Waals surface area contributed by atoms with Gasteiger partial charge in [0.1, 0.15) is 11.2 Å². The molecule has 2 rings (SSSR count). The summed E-state index contributed by atoms with van der Waals surface area (Å²) in [6.07, 6.45) is -3.09. The predicted octanol–water partition coefficient (Wildman–Crippen LogP) is 5.01. The number of nitrogens with one attached hydrogen (secondary N) is 1. The molecule has 0 aromatic heterocycles. The number of amides is 3. The smallest absolute Gasteiger partial charge is 0.430 e. The van der Waals surface area contributed by atoms with E-state index >= 15 is 0 Å². The molecular weight excluding hydrogens is 558 g/mol. The summed E-state index contributed by atoms with van der Waals surface area (Å²) in [5.41, 5.74) is 1.29. The average Bonchev–Trinajstić information content (AvgIpc) is 2.93. The van der Waals surface area contributed by atoms with E-state index in [1.54, 1.807) is 72.7 Å². The summed E-state index contributed by atoms with van der Waals surface area (Å²) in [4.78, 5) is 42.4. The SMILES string of the molecule is COc1cc([C@@H](C(=O)N(C)[C@@H](C)[C@@H](O)c2ccccc2)N(NC(=O)OC(C)(C)C)C(=O)OC(C)(C)C)cc(OC)c1OC. The van der Waals surface area contributed by atoms with Gasteiger partial charge in [0.25, 0.3) is 5.91 Å². The van der Waals surface area contributed by atoms with Gasteiger partial charge in [-0.25, -0.2) is 15.0 Å². The zero-order chi connectivity index (χ0) is 32.7. The summed E-state index contributed by atoms with van der Waals surface area (Å²) >= 11 is 0. The summed E-state index contributed by atoms with van der Waals surface area (Å²) in [5.74, 6) is -0.00378. The zero-order valence-corrected chi connectivity index (χ0v) is 26.9. The number of aliphatic hydroxyl groups is 1. The molecule has 0 aliphatic heterocycles. The molecule has 3 atom stereocenters. The number of ether oxygens (including phenoxy) is 5. The van der Waals surface area contributed by atoms with Gasteiger partial charge in [-0.2, -0.15) is 5.01 Å². The van der Waals surface area contributed by atoms with Crippen LogP contribution in [0, 0.1) is 0 Å². The number of rotatable bonds is 9. The van der Waals surface area contributed by atoms with Crippen molar-refractivity contribution in [2.45, 2.75) is 77.9 Å². The standard InChI is InChI=1S/C31H45N3O9/c1-19(25(35)20-15-13-12-14-16-20)33(8)27(36)24(21-17-22(39-9)26(41-11)23(18-21)40-10)34(29(38)43-31(5,6)7)32-28(37)42-30(2,3)4/h12-19,24-25,35H,1-11H3,(H,32,37)/t19-,24-,25+/m0/s1. The van der Waals surface area contributed by atoms with Gasteiger partial charge in [0, 0.05) is 7.05 Å². The van der Waals surface area contributed by atoms with E-state index < -0.39 is 47.5 Å². The van der Waals surface area contributed by atoms with Crippen molar-refractivity contribution in [2.75, 3.05) is 28.4 Å². The molecule has 2 N–H and O–H groups in total. The van der Waals surface area contributed by atoms with Gasteiger partial charge >= 0.3 is 12.2 Å². The van der Waals surface area contributed by atoms with Crippen molar-refractivity contribution in [3.8, 4) is 17.2 Å². The molecule has 0 saturated heterocycles. The fourth-order valence-corrected chi connectivity index (χ4v) is 4.12. The third-order valence-electron chi connectivity index (χ3n) is 6.25. The molecule has 238 valence electrons. The topological polar surface area (TPSA) is 136 Å². The largest absolute Gasteiger partial charge is 0.493 e. The van der Waals surface area contributed by atoms with Crippen molar-refractivity contribution in [2.24, 2.45) is 0 Å². The molecular formula is C31H45N3O9. The molecule has 3 amide bonds. The molecule has 0 heterocycles. The van der Waals surface area contributed by atoms with E-state index in [-0.39, 0.29) is 22.8 Å². The number of methoxy groups -OCH3 is 3. The lowest BCUT2D eigenvalue weighted by atomic mass is 9.99. The van der Waals surface area contributed by atoms with Crippen LogP contribution >= 0.6 is 0 Å². The van der Waals surface area contributed by atoms with Crippen LogP contribution in [0.1, 0.15) is 71.7 Å². The summed E-state index contributed by atoms with van der Waals surface area (Å²) < 4.78 is 27.5. The first-order valence-electron chi connectivity index (χ1n) is 13.8. The Hall–Kier alpha value is -4.19. The lowest BCUT2D eigenvalue weighted by molar-refractivity contribution is -0.141. The predicted molar refractivity (Wildman–Crippen MR) is 160 cm³/mol. The molecule has 0 spiro atoms. The van der Waals surface area contributed by atoms with Gasteiger partial charge < -0.3 is 33.7 Å². The number of hydrogen-bond acceptors (Lipinski definition) is 9. The molecule has 43 heavy (non-hydrogen) atoms. The van der Waals surface area contributed by atoms with Crippen LogP contribution in [0.15, 0.2) is 42.5 Å². The number of carbonyl (C=O) groups excluding carboxylic acids is 3. The second-order valence-corrected chi connectivity index (χ2v) is 11.9. The number of benzene rings is 2. The zero-order valence-electron chi connectivity index (χ0n) is 26.9. The van der Waals surface area contributed by atoms with Gasteiger partial charge in [-0.3, -0.25) is 4.79 Å². The Morgan fingerprint density at radius 3 is 1.77 bits per heavy atom. The third kappa shape index (κ3) is 9.40. The van der Waals surface area contributed by atoms with Gasteiger partial charge in [-0.15, -0.1) is 0 Å². The van der Waals surface area contributed by atoms with Crippen molar-refractivity contribution in [1.29, 1.82) is 0 Å². The van der Waals surface area contributed by atoms with Crippen LogP contribution in [-0.2, 0) is 14.3 Å². The van der Waals surface area contributed by atoms with Crippen LogP contribution in [0.25, 0.3) is 0 Å². The first-order chi connectivity index (χ1) is 19.9. The number of carbonyl (C=O) groups is 3. The maximum absolute atomic E-state index is 14.4. The van der Waals surface area contributed by atoms with Crippen LogP contribution in [0.3, 0.4) is 0 Å². The van der Waals surface area contributed by atoms with Crippen molar-refractivity contribution in [1.82, 2.24) is 15.3 Å². The Morgan fingerprint density at radius 2 is 1.33 bits per heavy atom. The van der Waals surface area contributed by atoms with E-state index in [4.69, 9.17) is 23.7 Å². The second-order valence-electron chi connectivity index (χ2n) is 11.9. The first kappa shape index (κ1) is 35.0. The lowest BCUT2D eigenvalue weighted by Gasteiger charge is -2.37. The molecule has 2 aromatic carbocycles.